The van der Waals surface area contributed by atoms with Crippen LogP contribution in [0.5, 0.6) is 0 Å². The van der Waals surface area contributed by atoms with E-state index in [1.807, 2.05) is 61.5 Å². The molecule has 0 spiro atoms. The van der Waals surface area contributed by atoms with Crippen molar-refractivity contribution in [2.24, 2.45) is 0 Å². The normalized spacial score (nSPS) is 14.5. The number of anilines is 2. The minimum absolute atomic E-state index is 0.0757. The van der Waals surface area contributed by atoms with Crippen molar-refractivity contribution in [3.63, 3.8) is 0 Å². The predicted octanol–water partition coefficient (Wildman–Crippen LogP) is 5.22. The van der Waals surface area contributed by atoms with Gasteiger partial charge in [-0.05, 0) is 61.0 Å². The van der Waals surface area contributed by atoms with Crippen molar-refractivity contribution in [1.29, 1.82) is 0 Å². The summed E-state index contributed by atoms with van der Waals surface area (Å²) < 4.78 is 0. The first-order valence-corrected chi connectivity index (χ1v) is 10.6. The Hall–Kier alpha value is -2.82. The smallest absolute Gasteiger partial charge is 0.255 e. The van der Waals surface area contributed by atoms with E-state index in [0.29, 0.717) is 5.56 Å². The average Bonchev–Trinajstić information content (AvgIpc) is 2.77. The lowest BCUT2D eigenvalue weighted by molar-refractivity contribution is 0.102. The Balaban J connectivity index is 1.34. The molecule has 1 saturated heterocycles. The van der Waals surface area contributed by atoms with Crippen LogP contribution in [0.4, 0.5) is 11.4 Å². The minimum atomic E-state index is -0.0757. The van der Waals surface area contributed by atoms with Crippen LogP contribution in [0.2, 0.25) is 5.02 Å². The molecule has 0 unspecified atom stereocenters. The van der Waals surface area contributed by atoms with Crippen molar-refractivity contribution in [3.8, 4) is 0 Å². The summed E-state index contributed by atoms with van der Waals surface area (Å²) in [6, 6.07) is 23.8. The number of carbonyl (C=O) groups excluding carboxylic acids is 1. The zero-order valence-electron chi connectivity index (χ0n) is 17.1. The lowest BCUT2D eigenvalue weighted by atomic mass is 10.1. The number of halogens is 1. The predicted molar refractivity (Wildman–Crippen MR) is 125 cm³/mol. The molecule has 5 heteroatoms. The van der Waals surface area contributed by atoms with Gasteiger partial charge in [0.1, 0.15) is 0 Å². The second kappa shape index (κ2) is 9.33. The third kappa shape index (κ3) is 5.21. The second-order valence-electron chi connectivity index (χ2n) is 7.76. The molecule has 1 fully saturated rings. The van der Waals surface area contributed by atoms with Crippen LogP contribution in [0.15, 0.2) is 72.8 Å². The van der Waals surface area contributed by atoms with Gasteiger partial charge in [-0.1, -0.05) is 41.4 Å². The van der Waals surface area contributed by atoms with Crippen LogP contribution in [-0.4, -0.2) is 37.0 Å². The Morgan fingerprint density at radius 1 is 0.933 bits per heavy atom. The highest BCUT2D eigenvalue weighted by atomic mass is 35.5. The number of nitrogens with zero attached hydrogens (tertiary/aromatic N) is 2. The molecule has 3 aromatic rings. The number of nitrogens with one attached hydrogen (secondary N) is 1. The van der Waals surface area contributed by atoms with Crippen LogP contribution in [0, 0.1) is 6.92 Å². The van der Waals surface area contributed by atoms with Crippen LogP contribution in [0.25, 0.3) is 0 Å². The topological polar surface area (TPSA) is 35.6 Å². The van der Waals surface area contributed by atoms with Crippen LogP contribution >= 0.6 is 11.6 Å². The Labute approximate surface area is 183 Å². The summed E-state index contributed by atoms with van der Waals surface area (Å²) in [6.07, 6.45) is 0. The molecule has 4 nitrogen and oxygen atoms in total. The van der Waals surface area contributed by atoms with Crippen molar-refractivity contribution in [2.75, 3.05) is 36.4 Å². The van der Waals surface area contributed by atoms with Gasteiger partial charge in [-0.2, -0.15) is 0 Å². The first-order chi connectivity index (χ1) is 14.6. The molecule has 0 saturated carbocycles. The Kier molecular flexibility index (Phi) is 6.36. The van der Waals surface area contributed by atoms with E-state index in [0.717, 1.165) is 49.0 Å². The monoisotopic (exact) mass is 419 g/mol. The molecular weight excluding hydrogens is 394 g/mol. The van der Waals surface area contributed by atoms with Crippen LogP contribution in [0.1, 0.15) is 21.5 Å². The molecule has 0 atom stereocenters. The molecule has 30 heavy (non-hydrogen) atoms. The lowest BCUT2D eigenvalue weighted by Crippen LogP contribution is -2.45. The fourth-order valence-electron chi connectivity index (χ4n) is 3.73. The van der Waals surface area contributed by atoms with Crippen LogP contribution < -0.4 is 10.2 Å². The first kappa shape index (κ1) is 20.5. The summed E-state index contributed by atoms with van der Waals surface area (Å²) in [5.41, 5.74) is 5.05. The molecule has 1 amide bonds. The van der Waals surface area contributed by atoms with E-state index in [1.165, 1.54) is 11.3 Å². The number of rotatable bonds is 5. The molecule has 1 aliphatic heterocycles. The third-order valence-electron chi connectivity index (χ3n) is 5.47. The number of piperazine rings is 1. The lowest BCUT2D eigenvalue weighted by Gasteiger charge is -2.36. The number of hydrogen-bond donors (Lipinski definition) is 1. The average molecular weight is 420 g/mol. The maximum absolute atomic E-state index is 12.6. The van der Waals surface area contributed by atoms with Crippen LogP contribution in [-0.2, 0) is 6.54 Å². The highest BCUT2D eigenvalue weighted by Crippen LogP contribution is 2.20. The summed E-state index contributed by atoms with van der Waals surface area (Å²) in [5.74, 6) is -0.0757. The molecule has 1 N–H and O–H groups in total. The maximum Gasteiger partial charge on any atom is 0.255 e. The fraction of sp³-hybridized carbons (Fsp3) is 0.240. The number of aryl methyl sites for hydroxylation is 1. The quantitative estimate of drug-likeness (QED) is 0.615. The van der Waals surface area contributed by atoms with Gasteiger partial charge in [0.15, 0.2) is 0 Å². The number of hydrogen-bond acceptors (Lipinski definition) is 3. The van der Waals surface area contributed by atoms with Gasteiger partial charge in [-0.3, -0.25) is 9.69 Å². The number of benzene rings is 3. The molecule has 154 valence electrons. The number of carbonyl (C=O) groups is 1. The van der Waals surface area contributed by atoms with Crippen molar-refractivity contribution < 1.29 is 4.79 Å². The van der Waals surface area contributed by atoms with Crippen molar-refractivity contribution in [3.05, 3.63) is 94.5 Å². The molecule has 0 radical (unpaired) electrons. The summed E-state index contributed by atoms with van der Waals surface area (Å²) in [4.78, 5) is 17.4. The van der Waals surface area contributed by atoms with Gasteiger partial charge in [0.25, 0.3) is 5.91 Å². The molecule has 1 aliphatic rings. The molecule has 4 rings (SSSR count). The Morgan fingerprint density at radius 3 is 2.33 bits per heavy atom. The van der Waals surface area contributed by atoms with Gasteiger partial charge in [0.05, 0.1) is 0 Å². The van der Waals surface area contributed by atoms with E-state index in [-0.39, 0.29) is 5.91 Å². The second-order valence-corrected chi connectivity index (χ2v) is 8.20. The van der Waals surface area contributed by atoms with Gasteiger partial charge < -0.3 is 10.2 Å². The molecule has 0 aromatic heterocycles. The minimum Gasteiger partial charge on any atom is -0.369 e. The largest absolute Gasteiger partial charge is 0.369 e. The van der Waals surface area contributed by atoms with E-state index < -0.39 is 0 Å². The molecular formula is C25H26ClN3O. The highest BCUT2D eigenvalue weighted by molar-refractivity contribution is 6.30. The van der Waals surface area contributed by atoms with Crippen LogP contribution in [0.3, 0.4) is 0 Å². The first-order valence-electron chi connectivity index (χ1n) is 10.3. The van der Waals surface area contributed by atoms with Crippen molar-refractivity contribution in [1.82, 2.24) is 4.90 Å². The highest BCUT2D eigenvalue weighted by Gasteiger charge is 2.18. The van der Waals surface area contributed by atoms with Gasteiger partial charge in [0, 0.05) is 54.7 Å². The van der Waals surface area contributed by atoms with E-state index in [9.17, 15) is 4.79 Å². The summed E-state index contributed by atoms with van der Waals surface area (Å²) >= 11 is 6.00. The van der Waals surface area contributed by atoms with Gasteiger partial charge in [-0.25, -0.2) is 0 Å². The van der Waals surface area contributed by atoms with E-state index in [2.05, 4.69) is 33.3 Å². The van der Waals surface area contributed by atoms with Crippen molar-refractivity contribution in [2.45, 2.75) is 13.5 Å². The standard InChI is InChI=1S/C25H26ClN3O/c1-19-5-9-23(10-6-19)27-25(30)21-4-2-3-20(17-21)18-28-13-15-29(16-14-28)24-11-7-22(26)8-12-24/h2-12,17H,13-16,18H2,1H3,(H,27,30). The van der Waals surface area contributed by atoms with Gasteiger partial charge in [0.2, 0.25) is 0 Å². The Morgan fingerprint density at radius 2 is 1.63 bits per heavy atom. The Bertz CT molecular complexity index is 994. The zero-order chi connectivity index (χ0) is 20.9. The molecule has 0 bridgehead atoms. The molecule has 3 aromatic carbocycles. The van der Waals surface area contributed by atoms with Crippen molar-refractivity contribution >= 4 is 28.9 Å². The summed E-state index contributed by atoms with van der Waals surface area (Å²) in [5, 5.41) is 3.74. The third-order valence-corrected chi connectivity index (χ3v) is 5.72. The maximum atomic E-state index is 12.6. The zero-order valence-corrected chi connectivity index (χ0v) is 17.9. The summed E-state index contributed by atoms with van der Waals surface area (Å²) in [6.45, 7) is 6.82. The van der Waals surface area contributed by atoms with E-state index in [4.69, 9.17) is 11.6 Å². The number of amides is 1. The van der Waals surface area contributed by atoms with Gasteiger partial charge in [-0.15, -0.1) is 0 Å². The van der Waals surface area contributed by atoms with E-state index in [1.54, 1.807) is 0 Å². The molecule has 1 heterocycles. The van der Waals surface area contributed by atoms with E-state index >= 15 is 0 Å². The molecule has 0 aliphatic carbocycles. The summed E-state index contributed by atoms with van der Waals surface area (Å²) in [7, 11) is 0. The fourth-order valence-corrected chi connectivity index (χ4v) is 3.85. The van der Waals surface area contributed by atoms with Gasteiger partial charge >= 0.3 is 0 Å². The SMILES string of the molecule is Cc1ccc(NC(=O)c2cccc(CN3CCN(c4ccc(Cl)cc4)CC3)c2)cc1.